The maximum absolute atomic E-state index is 12.6. The molecular formula is C25H23N5O4. The van der Waals surface area contributed by atoms with Crippen LogP contribution in [0.3, 0.4) is 0 Å². The van der Waals surface area contributed by atoms with Crippen LogP contribution in [0.2, 0.25) is 0 Å². The zero-order valence-electron chi connectivity index (χ0n) is 18.4. The average Bonchev–Trinajstić information content (AvgIpc) is 3.21. The molecule has 0 spiro atoms. The monoisotopic (exact) mass is 457 g/mol. The molecule has 2 heterocycles. The van der Waals surface area contributed by atoms with Crippen molar-refractivity contribution >= 4 is 22.8 Å². The highest BCUT2D eigenvalue weighted by Gasteiger charge is 2.20. The summed E-state index contributed by atoms with van der Waals surface area (Å²) in [5, 5.41) is 38.2. The summed E-state index contributed by atoms with van der Waals surface area (Å²) < 4.78 is 7.35. The fourth-order valence-corrected chi connectivity index (χ4v) is 3.47. The maximum atomic E-state index is 12.6. The Morgan fingerprint density at radius 2 is 1.88 bits per heavy atom. The molecule has 0 aliphatic carbocycles. The number of nitriles is 1. The molecule has 9 heteroatoms. The van der Waals surface area contributed by atoms with Gasteiger partial charge in [-0.25, -0.2) is 4.52 Å². The van der Waals surface area contributed by atoms with Crippen molar-refractivity contribution in [1.29, 1.82) is 5.26 Å². The molecule has 1 amide bonds. The quantitative estimate of drug-likeness (QED) is 0.320. The van der Waals surface area contributed by atoms with Gasteiger partial charge in [-0.05, 0) is 48.9 Å². The van der Waals surface area contributed by atoms with E-state index < -0.39 is 18.6 Å². The van der Waals surface area contributed by atoms with Gasteiger partial charge in [0, 0.05) is 18.4 Å². The summed E-state index contributed by atoms with van der Waals surface area (Å²) in [6.45, 7) is 1.23. The van der Waals surface area contributed by atoms with Crippen LogP contribution in [-0.2, 0) is 0 Å². The van der Waals surface area contributed by atoms with E-state index in [0.717, 1.165) is 11.4 Å². The molecule has 0 aliphatic heterocycles. The number of benzene rings is 2. The Balaban J connectivity index is 1.62. The zero-order valence-corrected chi connectivity index (χ0v) is 18.4. The van der Waals surface area contributed by atoms with Crippen LogP contribution in [0, 0.1) is 18.3 Å². The number of fused-ring (bicyclic) bond motifs is 1. The fourth-order valence-electron chi connectivity index (χ4n) is 3.47. The van der Waals surface area contributed by atoms with Crippen LogP contribution >= 0.6 is 0 Å². The molecule has 4 N–H and O–H groups in total. The van der Waals surface area contributed by atoms with Gasteiger partial charge in [0.25, 0.3) is 5.91 Å². The van der Waals surface area contributed by atoms with Crippen molar-refractivity contribution in [3.05, 3.63) is 83.7 Å². The van der Waals surface area contributed by atoms with Crippen LogP contribution in [0.15, 0.2) is 67.0 Å². The Bertz CT molecular complexity index is 1340. The number of amides is 1. The second-order valence-electron chi connectivity index (χ2n) is 7.62. The van der Waals surface area contributed by atoms with E-state index in [9.17, 15) is 15.2 Å². The first-order valence-electron chi connectivity index (χ1n) is 10.6. The van der Waals surface area contributed by atoms with Crippen molar-refractivity contribution in [2.24, 2.45) is 0 Å². The van der Waals surface area contributed by atoms with E-state index in [-0.39, 0.29) is 6.54 Å². The number of rotatable bonds is 8. The molecule has 1 atom stereocenters. The van der Waals surface area contributed by atoms with Gasteiger partial charge in [0.05, 0.1) is 41.2 Å². The van der Waals surface area contributed by atoms with Crippen molar-refractivity contribution in [2.75, 3.05) is 18.5 Å². The Labute approximate surface area is 195 Å². The third-order valence-electron chi connectivity index (χ3n) is 5.23. The summed E-state index contributed by atoms with van der Waals surface area (Å²) in [5.74, 6) is 0.981. The lowest BCUT2D eigenvalue weighted by atomic mass is 10.1. The van der Waals surface area contributed by atoms with Crippen molar-refractivity contribution in [2.45, 2.75) is 13.0 Å². The molecule has 0 bridgehead atoms. The fraction of sp³-hybridized carbons (Fsp3) is 0.160. The number of ether oxygens (including phenoxy) is 1. The molecule has 2 aromatic heterocycles. The maximum Gasteiger partial charge on any atom is 0.253 e. The highest BCUT2D eigenvalue weighted by Crippen LogP contribution is 2.31. The second-order valence-corrected chi connectivity index (χ2v) is 7.62. The molecule has 0 saturated carbocycles. The summed E-state index contributed by atoms with van der Waals surface area (Å²) in [5.41, 5.74) is 3.11. The van der Waals surface area contributed by atoms with Crippen LogP contribution in [0.5, 0.6) is 11.5 Å². The van der Waals surface area contributed by atoms with Crippen molar-refractivity contribution < 1.29 is 19.7 Å². The van der Waals surface area contributed by atoms with E-state index in [1.54, 1.807) is 13.1 Å². The highest BCUT2D eigenvalue weighted by atomic mass is 16.5. The predicted molar refractivity (Wildman–Crippen MR) is 126 cm³/mol. The van der Waals surface area contributed by atoms with Gasteiger partial charge in [-0.1, -0.05) is 18.2 Å². The number of carbonyl (C=O) groups excluding carboxylic acids is 1. The predicted octanol–water partition coefficient (Wildman–Crippen LogP) is 3.13. The molecule has 4 aromatic rings. The average molecular weight is 457 g/mol. The smallest absolute Gasteiger partial charge is 0.253 e. The lowest BCUT2D eigenvalue weighted by molar-refractivity contribution is 0.0801. The first-order valence-corrected chi connectivity index (χ1v) is 10.6. The van der Waals surface area contributed by atoms with Crippen LogP contribution in [0.4, 0.5) is 11.4 Å². The number of hydrogen-bond acceptors (Lipinski definition) is 7. The Morgan fingerprint density at radius 3 is 2.56 bits per heavy atom. The number of aliphatic hydroxyl groups is 2. The SMILES string of the molecule is Cc1c(C(=O)NCC(O)CO)cn2ncc(C#N)c(Nc3ccc(Oc4ccccc4)cc3)c12. The summed E-state index contributed by atoms with van der Waals surface area (Å²) in [4.78, 5) is 12.6. The molecule has 34 heavy (non-hydrogen) atoms. The molecule has 172 valence electrons. The summed E-state index contributed by atoms with van der Waals surface area (Å²) in [6, 6.07) is 18.9. The van der Waals surface area contributed by atoms with Gasteiger partial charge >= 0.3 is 0 Å². The van der Waals surface area contributed by atoms with Crippen molar-refractivity contribution in [1.82, 2.24) is 14.9 Å². The number of carbonyl (C=O) groups is 1. The van der Waals surface area contributed by atoms with Gasteiger partial charge < -0.3 is 25.6 Å². The van der Waals surface area contributed by atoms with Gasteiger partial charge in [-0.3, -0.25) is 4.79 Å². The highest BCUT2D eigenvalue weighted by molar-refractivity contribution is 6.00. The van der Waals surface area contributed by atoms with E-state index in [0.29, 0.717) is 33.6 Å². The zero-order chi connectivity index (χ0) is 24.1. The number of nitrogens with one attached hydrogen (secondary N) is 2. The Morgan fingerprint density at radius 1 is 1.18 bits per heavy atom. The standard InChI is InChI=1S/C25H23N5O4/c1-16-22(25(33)27-13-19(32)15-31)14-30-24(16)23(17(11-26)12-28-30)29-18-7-9-21(10-8-18)34-20-5-3-2-4-6-20/h2-10,12,14,19,29,31-32H,13,15H2,1H3,(H,27,33). The molecule has 2 aromatic carbocycles. The number of para-hydroxylation sites is 1. The third kappa shape index (κ3) is 4.83. The minimum atomic E-state index is -1.05. The van der Waals surface area contributed by atoms with Crippen molar-refractivity contribution in [3.63, 3.8) is 0 Å². The first-order chi connectivity index (χ1) is 16.5. The topological polar surface area (TPSA) is 132 Å². The van der Waals surface area contributed by atoms with Crippen LogP contribution in [-0.4, -0.2) is 45.0 Å². The minimum Gasteiger partial charge on any atom is -0.457 e. The van der Waals surface area contributed by atoms with Crippen LogP contribution in [0.25, 0.3) is 5.52 Å². The number of nitrogens with zero attached hydrogens (tertiary/aromatic N) is 3. The number of anilines is 2. The molecule has 4 rings (SSSR count). The number of aliphatic hydroxyl groups excluding tert-OH is 2. The summed E-state index contributed by atoms with van der Waals surface area (Å²) >= 11 is 0. The minimum absolute atomic E-state index is 0.0830. The summed E-state index contributed by atoms with van der Waals surface area (Å²) in [7, 11) is 0. The molecular weight excluding hydrogens is 434 g/mol. The Kier molecular flexibility index (Phi) is 6.73. The molecule has 9 nitrogen and oxygen atoms in total. The number of aromatic nitrogens is 2. The van der Waals surface area contributed by atoms with Crippen molar-refractivity contribution in [3.8, 4) is 17.6 Å². The van der Waals surface area contributed by atoms with E-state index in [4.69, 9.17) is 9.84 Å². The van der Waals surface area contributed by atoms with Gasteiger partial charge in [-0.2, -0.15) is 10.4 Å². The van der Waals surface area contributed by atoms with Gasteiger partial charge in [0.2, 0.25) is 0 Å². The molecule has 0 aliphatic rings. The Hall–Kier alpha value is -4.39. The number of hydrogen-bond donors (Lipinski definition) is 4. The van der Waals surface area contributed by atoms with Gasteiger partial charge in [0.1, 0.15) is 17.6 Å². The van der Waals surface area contributed by atoms with Crippen LogP contribution in [0.1, 0.15) is 21.5 Å². The number of aryl methyl sites for hydroxylation is 1. The van der Waals surface area contributed by atoms with E-state index in [2.05, 4.69) is 21.8 Å². The lowest BCUT2D eigenvalue weighted by Crippen LogP contribution is -2.34. The molecule has 0 radical (unpaired) electrons. The van der Waals surface area contributed by atoms with Gasteiger partial charge in [0.15, 0.2) is 0 Å². The molecule has 0 fully saturated rings. The van der Waals surface area contributed by atoms with E-state index >= 15 is 0 Å². The normalized spacial score (nSPS) is 11.6. The lowest BCUT2D eigenvalue weighted by Gasteiger charge is -2.12. The van der Waals surface area contributed by atoms with Crippen LogP contribution < -0.4 is 15.4 Å². The molecule has 1 unspecified atom stereocenters. The second kappa shape index (κ2) is 10.0. The van der Waals surface area contributed by atoms with Gasteiger partial charge in [-0.15, -0.1) is 0 Å². The van der Waals surface area contributed by atoms with E-state index in [1.807, 2.05) is 54.6 Å². The third-order valence-corrected chi connectivity index (χ3v) is 5.23. The van der Waals surface area contributed by atoms with E-state index in [1.165, 1.54) is 10.7 Å². The molecule has 0 saturated heterocycles. The first kappa shape index (κ1) is 22.8. The largest absolute Gasteiger partial charge is 0.457 e. The summed E-state index contributed by atoms with van der Waals surface area (Å²) in [6.07, 6.45) is 1.95.